The molecule has 4 aromatic rings. The fourth-order valence-corrected chi connectivity index (χ4v) is 3.34. The van der Waals surface area contributed by atoms with Gasteiger partial charge in [0.2, 0.25) is 5.43 Å². The zero-order valence-electron chi connectivity index (χ0n) is 14.6. The average Bonchev–Trinajstić information content (AvgIpc) is 3.11. The molecule has 0 amide bonds. The van der Waals surface area contributed by atoms with E-state index in [1.54, 1.807) is 6.07 Å². The number of fused-ring (bicyclic) bond motifs is 1. The van der Waals surface area contributed by atoms with E-state index in [4.69, 9.17) is 0 Å². The molecule has 0 bridgehead atoms. The molecule has 142 valence electrons. The van der Waals surface area contributed by atoms with Crippen molar-refractivity contribution in [3.63, 3.8) is 0 Å². The highest BCUT2D eigenvalue weighted by Crippen LogP contribution is 2.31. The minimum absolute atomic E-state index is 0.0144. The maximum absolute atomic E-state index is 14.5. The van der Waals surface area contributed by atoms with Gasteiger partial charge in [0, 0.05) is 24.2 Å². The van der Waals surface area contributed by atoms with Gasteiger partial charge in [-0.2, -0.15) is 5.10 Å². The smallest absolute Gasteiger partial charge is 0.210 e. The van der Waals surface area contributed by atoms with E-state index in [-0.39, 0.29) is 28.8 Å². The van der Waals surface area contributed by atoms with E-state index in [0.29, 0.717) is 17.7 Å². The zero-order chi connectivity index (χ0) is 20.0. The number of hydrogen-bond donors (Lipinski definition) is 1. The Bertz CT molecular complexity index is 1250. The molecule has 0 fully saturated rings. The highest BCUT2D eigenvalue weighted by molar-refractivity contribution is 5.81. The van der Waals surface area contributed by atoms with Crippen LogP contribution in [0.5, 0.6) is 0 Å². The molecule has 0 saturated heterocycles. The van der Waals surface area contributed by atoms with Crippen LogP contribution in [-0.4, -0.2) is 14.8 Å². The van der Waals surface area contributed by atoms with Gasteiger partial charge in [0.1, 0.15) is 28.8 Å². The lowest BCUT2D eigenvalue weighted by Gasteiger charge is -2.19. The van der Waals surface area contributed by atoms with E-state index >= 15 is 0 Å². The van der Waals surface area contributed by atoms with Crippen molar-refractivity contribution in [2.24, 2.45) is 0 Å². The van der Waals surface area contributed by atoms with Crippen molar-refractivity contribution in [3.8, 4) is 11.3 Å². The lowest BCUT2D eigenvalue weighted by Crippen LogP contribution is -2.18. The molecule has 28 heavy (non-hydrogen) atoms. The first kappa shape index (κ1) is 18.0. The van der Waals surface area contributed by atoms with Crippen LogP contribution in [0, 0.1) is 30.2 Å². The first-order valence-electron chi connectivity index (χ1n) is 8.32. The number of nitrogens with zero attached hydrogens (tertiary/aromatic N) is 2. The molecule has 0 unspecified atom stereocenters. The third-order valence-corrected chi connectivity index (χ3v) is 4.58. The van der Waals surface area contributed by atoms with E-state index in [2.05, 4.69) is 10.2 Å². The molecule has 0 aliphatic rings. The zero-order valence-corrected chi connectivity index (χ0v) is 14.6. The van der Waals surface area contributed by atoms with Crippen LogP contribution in [0.4, 0.5) is 17.6 Å². The van der Waals surface area contributed by atoms with Gasteiger partial charge in [-0.3, -0.25) is 9.89 Å². The second-order valence-electron chi connectivity index (χ2n) is 6.39. The predicted octanol–water partition coefficient (Wildman–Crippen LogP) is 4.30. The van der Waals surface area contributed by atoms with Gasteiger partial charge in [-0.25, -0.2) is 17.6 Å². The van der Waals surface area contributed by atoms with Crippen molar-refractivity contribution in [1.82, 2.24) is 14.8 Å². The standard InChI is InChI=1S/C20H13F4N3O/c1-10-19(17-14(23)6-13(22)7-15(17)24)27(9-11-3-2-4-12(21)5-11)16-8-25-26-18(16)20(10)28/h2-8H,9H2,1H3,(H,25,26). The molecule has 0 saturated carbocycles. The number of benzene rings is 2. The number of rotatable bonds is 3. The monoisotopic (exact) mass is 387 g/mol. The van der Waals surface area contributed by atoms with Crippen molar-refractivity contribution in [1.29, 1.82) is 0 Å². The number of H-pyrrole nitrogens is 1. The maximum atomic E-state index is 14.5. The Morgan fingerprint density at radius 2 is 1.75 bits per heavy atom. The van der Waals surface area contributed by atoms with E-state index in [9.17, 15) is 22.4 Å². The molecule has 2 heterocycles. The summed E-state index contributed by atoms with van der Waals surface area (Å²) in [4.78, 5) is 12.7. The van der Waals surface area contributed by atoms with Crippen LogP contribution in [0.3, 0.4) is 0 Å². The van der Waals surface area contributed by atoms with Gasteiger partial charge in [0.05, 0.1) is 23.0 Å². The molecule has 0 aliphatic heterocycles. The van der Waals surface area contributed by atoms with Crippen molar-refractivity contribution >= 4 is 11.0 Å². The lowest BCUT2D eigenvalue weighted by atomic mass is 10.0. The molecule has 4 nitrogen and oxygen atoms in total. The highest BCUT2D eigenvalue weighted by Gasteiger charge is 2.23. The van der Waals surface area contributed by atoms with Crippen LogP contribution in [0.15, 0.2) is 47.4 Å². The number of hydrogen-bond acceptors (Lipinski definition) is 2. The van der Waals surface area contributed by atoms with Gasteiger partial charge in [-0.1, -0.05) is 12.1 Å². The third kappa shape index (κ3) is 2.87. The largest absolute Gasteiger partial charge is 0.333 e. The minimum atomic E-state index is -1.14. The molecule has 0 aliphatic carbocycles. The molecule has 4 rings (SSSR count). The summed E-state index contributed by atoms with van der Waals surface area (Å²) in [5, 5.41) is 6.43. The normalized spacial score (nSPS) is 11.3. The Kier molecular flexibility index (Phi) is 4.26. The maximum Gasteiger partial charge on any atom is 0.210 e. The second kappa shape index (κ2) is 6.63. The molecular weight excluding hydrogens is 374 g/mol. The van der Waals surface area contributed by atoms with Gasteiger partial charge in [0.15, 0.2) is 0 Å². The van der Waals surface area contributed by atoms with Crippen LogP contribution < -0.4 is 5.43 Å². The van der Waals surface area contributed by atoms with E-state index in [1.165, 1.54) is 35.9 Å². The number of aromatic nitrogens is 3. The molecule has 0 spiro atoms. The summed E-state index contributed by atoms with van der Waals surface area (Å²) in [6.45, 7) is 1.43. The molecule has 0 atom stereocenters. The Morgan fingerprint density at radius 1 is 1.04 bits per heavy atom. The Hall–Kier alpha value is -3.42. The molecular formula is C20H13F4N3O. The van der Waals surface area contributed by atoms with Gasteiger partial charge in [-0.05, 0) is 24.6 Å². The van der Waals surface area contributed by atoms with Gasteiger partial charge in [-0.15, -0.1) is 0 Å². The van der Waals surface area contributed by atoms with Crippen LogP contribution >= 0.6 is 0 Å². The van der Waals surface area contributed by atoms with Crippen molar-refractivity contribution < 1.29 is 17.6 Å². The van der Waals surface area contributed by atoms with Crippen molar-refractivity contribution in [2.45, 2.75) is 13.5 Å². The molecule has 0 radical (unpaired) electrons. The molecule has 8 heteroatoms. The second-order valence-corrected chi connectivity index (χ2v) is 6.39. The summed E-state index contributed by atoms with van der Waals surface area (Å²) >= 11 is 0. The lowest BCUT2D eigenvalue weighted by molar-refractivity contribution is 0.545. The predicted molar refractivity (Wildman–Crippen MR) is 95.9 cm³/mol. The molecule has 2 aromatic heterocycles. The SMILES string of the molecule is Cc1c(-c2c(F)cc(F)cc2F)n(Cc2cccc(F)c2)c2cn[nH]c2c1=O. The van der Waals surface area contributed by atoms with Gasteiger partial charge in [0.25, 0.3) is 0 Å². The average molecular weight is 387 g/mol. The van der Waals surface area contributed by atoms with E-state index in [1.807, 2.05) is 0 Å². The van der Waals surface area contributed by atoms with Crippen LogP contribution in [-0.2, 0) is 6.54 Å². The van der Waals surface area contributed by atoms with Crippen LogP contribution in [0.1, 0.15) is 11.1 Å². The number of pyridine rings is 1. The number of nitrogens with one attached hydrogen (secondary N) is 1. The number of aromatic amines is 1. The Balaban J connectivity index is 2.08. The van der Waals surface area contributed by atoms with Crippen LogP contribution in [0.2, 0.25) is 0 Å². The summed E-state index contributed by atoms with van der Waals surface area (Å²) in [6.07, 6.45) is 1.35. The number of halogens is 4. The summed E-state index contributed by atoms with van der Waals surface area (Å²) in [6, 6.07) is 6.80. The van der Waals surface area contributed by atoms with E-state index in [0.717, 1.165) is 0 Å². The first-order chi connectivity index (χ1) is 13.4. The van der Waals surface area contributed by atoms with Crippen molar-refractivity contribution in [2.75, 3.05) is 0 Å². The fourth-order valence-electron chi connectivity index (χ4n) is 3.34. The van der Waals surface area contributed by atoms with Crippen molar-refractivity contribution in [3.05, 3.63) is 87.2 Å². The van der Waals surface area contributed by atoms with Crippen LogP contribution in [0.25, 0.3) is 22.3 Å². The fraction of sp³-hybridized carbons (Fsp3) is 0.100. The molecule has 2 aromatic carbocycles. The quantitative estimate of drug-likeness (QED) is 0.533. The summed E-state index contributed by atoms with van der Waals surface area (Å²) in [5.74, 6) is -3.83. The summed E-state index contributed by atoms with van der Waals surface area (Å²) < 4.78 is 57.6. The first-order valence-corrected chi connectivity index (χ1v) is 8.32. The third-order valence-electron chi connectivity index (χ3n) is 4.58. The van der Waals surface area contributed by atoms with E-state index < -0.39 is 34.3 Å². The Labute approximate surface area is 156 Å². The van der Waals surface area contributed by atoms with Gasteiger partial charge < -0.3 is 4.57 Å². The topological polar surface area (TPSA) is 50.7 Å². The minimum Gasteiger partial charge on any atom is -0.333 e. The van der Waals surface area contributed by atoms with Gasteiger partial charge >= 0.3 is 0 Å². The Morgan fingerprint density at radius 3 is 2.43 bits per heavy atom. The molecule has 1 N–H and O–H groups in total. The highest BCUT2D eigenvalue weighted by atomic mass is 19.1. The summed E-state index contributed by atoms with van der Waals surface area (Å²) in [5.41, 5.74) is -0.0689. The summed E-state index contributed by atoms with van der Waals surface area (Å²) in [7, 11) is 0.